The average Bonchev–Trinajstić information content (AvgIpc) is 1.69. The fourth-order valence-electron chi connectivity index (χ4n) is 8.06. The van der Waals surface area contributed by atoms with Crippen LogP contribution in [0, 0.1) is 25.2 Å². The Morgan fingerprint density at radius 3 is 1.95 bits per heavy atom. The Morgan fingerprint density at radius 2 is 1.34 bits per heavy atom. The van der Waals surface area contributed by atoms with E-state index < -0.39 is 106 Å². The summed E-state index contributed by atoms with van der Waals surface area (Å²) in [4.78, 5) is 6.95. The Kier molecular flexibility index (Phi) is 19.6. The van der Waals surface area contributed by atoms with Crippen LogP contribution in [0.15, 0.2) is 111 Å². The fourth-order valence-corrected chi connectivity index (χ4v) is 13.1. The number of nitrogens with zero attached hydrogens (tertiary/aromatic N) is 10. The Bertz CT molecular complexity index is 4910. The first-order chi connectivity index (χ1) is 39.6. The van der Waals surface area contributed by atoms with Gasteiger partial charge < -0.3 is 20.1 Å². The van der Waals surface area contributed by atoms with Crippen LogP contribution in [0.4, 0.5) is 33.6 Å². The van der Waals surface area contributed by atoms with Crippen LogP contribution in [0.25, 0.3) is 37.7 Å². The van der Waals surface area contributed by atoms with Crippen LogP contribution >= 0.6 is 23.1 Å². The van der Waals surface area contributed by atoms with E-state index in [1.165, 1.54) is 43.3 Å². The Hall–Kier alpha value is -7.47. The molecule has 3 heterocycles. The van der Waals surface area contributed by atoms with Gasteiger partial charge in [0.05, 0.1) is 69.0 Å². The van der Waals surface area contributed by atoms with E-state index in [-0.39, 0.29) is 129 Å². The first-order valence-electron chi connectivity index (χ1n) is 23.2. The SMILES string of the molecule is Cc1cc(N=Nc2c(C)c(C#N)c3nc4ccc(S(=O)(=O)O)c(CO)c4n3c2O)c(OCCCS(=O)(=O)O)cc1N=Nc1cc(CO)c(N=Nc2nc3c(S(=O)(=O)O)cc4ccc(S(=O)(=O)O)cc4c3s2)cc1SCCCS(=O)(=O)O.O=S(=O)=O. The molecule has 85 heavy (non-hydrogen) atoms. The Labute approximate surface area is 489 Å². The van der Waals surface area contributed by atoms with Crippen molar-refractivity contribution in [2.24, 2.45) is 30.7 Å². The van der Waals surface area contributed by atoms with Crippen molar-refractivity contribution < 1.29 is 97.5 Å². The number of azo groups is 3. The van der Waals surface area contributed by atoms with E-state index in [1.807, 2.05) is 6.07 Å². The maximum absolute atomic E-state index is 12.5. The van der Waals surface area contributed by atoms with E-state index in [1.54, 1.807) is 6.92 Å². The number of benzene rings is 5. The van der Waals surface area contributed by atoms with Crippen LogP contribution < -0.4 is 4.74 Å². The molecule has 8 aromatic rings. The van der Waals surface area contributed by atoms with Crippen molar-refractivity contribution in [1.82, 2.24) is 14.4 Å². The number of nitriles is 1. The third-order valence-corrected chi connectivity index (χ3v) is 18.1. The lowest BCUT2D eigenvalue weighted by molar-refractivity contribution is 0.279. The Morgan fingerprint density at radius 1 is 0.706 bits per heavy atom. The molecule has 0 atom stereocenters. The number of thiazole rings is 1. The summed E-state index contributed by atoms with van der Waals surface area (Å²) in [5, 5.41) is 68.5. The second-order valence-electron chi connectivity index (χ2n) is 17.5. The van der Waals surface area contributed by atoms with Crippen molar-refractivity contribution in [2.75, 3.05) is 23.9 Å². The summed E-state index contributed by atoms with van der Waals surface area (Å²) in [6.07, 6.45) is -0.304. The summed E-state index contributed by atoms with van der Waals surface area (Å²) in [7, 11) is -26.5. The van der Waals surface area contributed by atoms with E-state index >= 15 is 0 Å². The second kappa shape index (κ2) is 25.6. The van der Waals surface area contributed by atoms with Gasteiger partial charge in [0, 0.05) is 33.0 Å². The number of aromatic hydroxyl groups is 1. The molecule has 0 fully saturated rings. The minimum absolute atomic E-state index is 0.0184. The van der Waals surface area contributed by atoms with Gasteiger partial charge in [0.1, 0.15) is 38.4 Å². The highest BCUT2D eigenvalue weighted by molar-refractivity contribution is 7.99. The highest BCUT2D eigenvalue weighted by Gasteiger charge is 2.27. The van der Waals surface area contributed by atoms with Gasteiger partial charge in [0.25, 0.3) is 50.6 Å². The Balaban J connectivity index is 0.00000251. The average molecular weight is 1330 g/mol. The second-order valence-corrected chi connectivity index (χ2v) is 27.3. The molecule has 0 bridgehead atoms. The molecule has 0 saturated heterocycles. The zero-order valence-electron chi connectivity index (χ0n) is 43.0. The van der Waals surface area contributed by atoms with Crippen molar-refractivity contribution in [2.45, 2.75) is 59.5 Å². The zero-order valence-corrected chi connectivity index (χ0v) is 49.5. The highest BCUT2D eigenvalue weighted by atomic mass is 32.2. The summed E-state index contributed by atoms with van der Waals surface area (Å²) in [5.74, 6) is -2.13. The molecule has 8 rings (SSSR count). The number of hydrogen-bond donors (Lipinski definition) is 8. The van der Waals surface area contributed by atoms with Gasteiger partial charge in [-0.2, -0.15) is 52.5 Å². The predicted octanol–water partition coefficient (Wildman–Crippen LogP) is 7.44. The molecule has 0 aliphatic heterocycles. The maximum Gasteiger partial charge on any atom is 0.425 e. The zero-order chi connectivity index (χ0) is 62.7. The first kappa shape index (κ1) is 65.1. The molecular weight excluding hydrogens is 1290 g/mol. The molecule has 0 unspecified atom stereocenters. The van der Waals surface area contributed by atoms with Gasteiger partial charge >= 0.3 is 10.6 Å². The predicted molar refractivity (Wildman–Crippen MR) is 300 cm³/mol. The van der Waals surface area contributed by atoms with Crippen LogP contribution in [0.5, 0.6) is 11.6 Å². The normalized spacial score (nSPS) is 12.8. The number of fused-ring (bicyclic) bond motifs is 6. The van der Waals surface area contributed by atoms with E-state index in [4.69, 9.17) is 17.4 Å². The smallest absolute Gasteiger partial charge is 0.425 e. The molecule has 32 nitrogen and oxygen atoms in total. The van der Waals surface area contributed by atoms with Crippen molar-refractivity contribution >= 4 is 156 Å². The van der Waals surface area contributed by atoms with E-state index in [0.29, 0.717) is 5.56 Å². The number of ether oxygens (including phenoxy) is 1. The summed E-state index contributed by atoms with van der Waals surface area (Å²) >= 11 is 1.76. The number of hydrogen-bond acceptors (Lipinski definition) is 28. The topological polar surface area (TPSA) is 521 Å². The molecule has 40 heteroatoms. The molecule has 450 valence electrons. The van der Waals surface area contributed by atoms with Crippen molar-refractivity contribution in [3.05, 3.63) is 88.5 Å². The van der Waals surface area contributed by atoms with Crippen molar-refractivity contribution in [1.29, 1.82) is 5.26 Å². The van der Waals surface area contributed by atoms with Gasteiger partial charge in [0.2, 0.25) is 11.0 Å². The van der Waals surface area contributed by atoms with Crippen LogP contribution in [-0.2, 0) is 74.4 Å². The lowest BCUT2D eigenvalue weighted by Gasteiger charge is -2.13. The van der Waals surface area contributed by atoms with Gasteiger partial charge in [-0.05, 0) is 91.9 Å². The van der Waals surface area contributed by atoms with E-state index in [2.05, 4.69) is 40.7 Å². The monoisotopic (exact) mass is 1330 g/mol. The number of aromatic nitrogens is 3. The molecule has 8 N–H and O–H groups in total. The number of imidazole rings is 1. The fraction of sp³-hybridized carbons (Fsp3) is 0.222. The first-order valence-corrected chi connectivity index (χ1v) is 33.6. The highest BCUT2D eigenvalue weighted by Crippen LogP contribution is 2.45. The molecule has 0 saturated carbocycles. The number of aliphatic hydroxyl groups is 2. The van der Waals surface area contributed by atoms with Crippen LogP contribution in [0.1, 0.15) is 40.7 Å². The largest absolute Gasteiger partial charge is 0.493 e. The number of pyridine rings is 1. The number of rotatable bonds is 21. The van der Waals surface area contributed by atoms with E-state index in [9.17, 15) is 85.4 Å². The van der Waals surface area contributed by atoms with Gasteiger partial charge in [-0.15, -0.1) is 50.0 Å². The van der Waals surface area contributed by atoms with Gasteiger partial charge in [0.15, 0.2) is 11.3 Å². The lowest BCUT2D eigenvalue weighted by atomic mass is 10.1. The molecule has 3 aromatic heterocycles. The number of aliphatic hydroxyl groups excluding tert-OH is 2. The summed E-state index contributed by atoms with van der Waals surface area (Å²) in [6.45, 7) is 0.956. The van der Waals surface area contributed by atoms with E-state index in [0.717, 1.165) is 51.8 Å². The number of aryl methyl sites for hydroxylation is 1. The quantitative estimate of drug-likeness (QED) is 0.0150. The standard InChI is InChI=1S/C45H40N10O19S7.O3S/c1-22-13-33(51-53-39-23(2)28(19-46)43-47-30-7-8-37(80(68,69)70)29(21-57)41(30)55(43)44(39)58)35(74-9-3-11-77(59,60)61)17-31(22)49-52-34-14-25(20-56)32(18-36(34)75-10-4-12-78(62,63)64)50-54-45-48-40-38(81(71,72)73)15-24-5-6-26(79(65,66)67)16-27(24)42(40)76-45;1-4(2)3/h5-8,13-18,56-58H,3-4,9-12,20-21H2,1-2H3,(H,59,60,61)(H,62,63,64)(H,65,66,67)(H,68,69,70)(H,71,72,73);. The molecular formula is C45H40N10O22S8. The summed E-state index contributed by atoms with van der Waals surface area (Å²) in [5.41, 5.74) is -1.05. The minimum Gasteiger partial charge on any atom is -0.493 e. The van der Waals surface area contributed by atoms with Gasteiger partial charge in [-0.25, -0.2) is 9.97 Å². The lowest BCUT2D eigenvalue weighted by Crippen LogP contribution is -2.08. The molecule has 0 amide bonds. The molecule has 0 aliphatic rings. The number of thioether (sulfide) groups is 1. The molecule has 5 aromatic carbocycles. The van der Waals surface area contributed by atoms with Crippen molar-refractivity contribution in [3.63, 3.8) is 0 Å². The van der Waals surface area contributed by atoms with Crippen LogP contribution in [0.2, 0.25) is 0 Å². The van der Waals surface area contributed by atoms with Gasteiger partial charge in [-0.3, -0.25) is 27.2 Å². The van der Waals surface area contributed by atoms with Gasteiger partial charge in [-0.1, -0.05) is 17.4 Å². The minimum atomic E-state index is -4.93. The van der Waals surface area contributed by atoms with Crippen LogP contribution in [0.3, 0.4) is 0 Å². The summed E-state index contributed by atoms with van der Waals surface area (Å²) in [6, 6.07) is 14.0. The van der Waals surface area contributed by atoms with Crippen LogP contribution in [-0.4, -0.2) is 131 Å². The third-order valence-electron chi connectivity index (χ3n) is 11.8. The molecule has 0 spiro atoms. The molecule has 0 aliphatic carbocycles. The maximum atomic E-state index is 12.5. The summed E-state index contributed by atoms with van der Waals surface area (Å²) < 4.78 is 200. The third kappa shape index (κ3) is 15.5. The van der Waals surface area contributed by atoms with Crippen molar-refractivity contribution in [3.8, 4) is 17.7 Å². The molecule has 0 radical (unpaired) electrons.